The molecular formula is C24H18Br2F9NO. The first-order chi connectivity index (χ1) is 17.0. The summed E-state index contributed by atoms with van der Waals surface area (Å²) in [5.74, 6) is -8.18. The van der Waals surface area contributed by atoms with Gasteiger partial charge in [-0.1, -0.05) is 37.9 Å². The monoisotopic (exact) mass is 665 g/mol. The number of benzene rings is 2. The van der Waals surface area contributed by atoms with E-state index in [2.05, 4.69) is 37.2 Å². The average molecular weight is 667 g/mol. The van der Waals surface area contributed by atoms with Crippen molar-refractivity contribution in [3.05, 3.63) is 73.7 Å². The van der Waals surface area contributed by atoms with Gasteiger partial charge in [-0.2, -0.15) is 26.3 Å². The number of carbonyl (C=O) groups excluding carboxylic acids is 1. The summed E-state index contributed by atoms with van der Waals surface area (Å²) < 4.78 is 124. The fourth-order valence-electron chi connectivity index (χ4n) is 3.95. The van der Waals surface area contributed by atoms with E-state index < -0.39 is 71.5 Å². The molecule has 13 heteroatoms. The maximum Gasteiger partial charge on any atom is 0.417 e. The molecule has 0 spiro atoms. The first-order valence-corrected chi connectivity index (χ1v) is 12.4. The van der Waals surface area contributed by atoms with E-state index >= 15 is 0 Å². The zero-order valence-electron chi connectivity index (χ0n) is 18.6. The molecule has 0 heterocycles. The van der Waals surface area contributed by atoms with Crippen LogP contribution in [0.3, 0.4) is 0 Å². The fourth-order valence-corrected chi connectivity index (χ4v) is 5.28. The molecule has 1 fully saturated rings. The van der Waals surface area contributed by atoms with E-state index in [-0.39, 0.29) is 39.5 Å². The van der Waals surface area contributed by atoms with Crippen molar-refractivity contribution < 1.29 is 44.3 Å². The quantitative estimate of drug-likeness (QED) is 0.317. The molecule has 1 amide bonds. The Bertz CT molecular complexity index is 1160. The van der Waals surface area contributed by atoms with Gasteiger partial charge in [-0.25, -0.2) is 13.2 Å². The molecule has 1 atom stereocenters. The summed E-state index contributed by atoms with van der Waals surface area (Å²) in [6.07, 6.45) is -11.3. The number of amides is 1. The molecule has 2 aromatic carbocycles. The molecule has 37 heavy (non-hydrogen) atoms. The minimum atomic E-state index is -5.15. The van der Waals surface area contributed by atoms with Crippen LogP contribution in [0.2, 0.25) is 0 Å². The third-order valence-electron chi connectivity index (χ3n) is 5.81. The lowest BCUT2D eigenvalue weighted by Crippen LogP contribution is -2.40. The van der Waals surface area contributed by atoms with Crippen molar-refractivity contribution in [2.24, 2.45) is 0 Å². The van der Waals surface area contributed by atoms with E-state index in [1.165, 1.54) is 6.07 Å². The topological polar surface area (TPSA) is 29.1 Å². The van der Waals surface area contributed by atoms with Crippen LogP contribution in [-0.4, -0.2) is 24.0 Å². The van der Waals surface area contributed by atoms with Crippen molar-refractivity contribution in [1.82, 2.24) is 5.32 Å². The number of hydrogen-bond acceptors (Lipinski definition) is 1. The van der Waals surface area contributed by atoms with Crippen molar-refractivity contribution in [2.75, 3.05) is 0 Å². The van der Waals surface area contributed by atoms with Gasteiger partial charge in [-0.05, 0) is 54.8 Å². The number of carbonyl (C=O) groups is 1. The minimum Gasteiger partial charge on any atom is -0.349 e. The Labute approximate surface area is 222 Å². The van der Waals surface area contributed by atoms with Crippen LogP contribution in [0.4, 0.5) is 39.5 Å². The number of hydrogen-bond donors (Lipinski definition) is 1. The highest BCUT2D eigenvalue weighted by Gasteiger charge is 2.41. The molecule has 0 aliphatic heterocycles. The van der Waals surface area contributed by atoms with Gasteiger partial charge in [0, 0.05) is 33.4 Å². The molecule has 202 valence electrons. The number of rotatable bonds is 5. The van der Waals surface area contributed by atoms with Gasteiger partial charge < -0.3 is 5.32 Å². The van der Waals surface area contributed by atoms with Gasteiger partial charge in [-0.3, -0.25) is 4.79 Å². The highest BCUT2D eigenvalue weighted by Crippen LogP contribution is 2.41. The van der Waals surface area contributed by atoms with Gasteiger partial charge in [0.15, 0.2) is 0 Å². The van der Waals surface area contributed by atoms with E-state index in [1.54, 1.807) is 0 Å². The zero-order valence-corrected chi connectivity index (χ0v) is 21.8. The Morgan fingerprint density at radius 1 is 0.973 bits per heavy atom. The van der Waals surface area contributed by atoms with Crippen LogP contribution in [0, 0.1) is 0 Å². The van der Waals surface area contributed by atoms with E-state index in [1.807, 2.05) is 0 Å². The Kier molecular flexibility index (Phi) is 8.78. The van der Waals surface area contributed by atoms with Crippen LogP contribution in [0.1, 0.15) is 58.6 Å². The Hall–Kier alpha value is -2.02. The third-order valence-corrected chi connectivity index (χ3v) is 6.72. The van der Waals surface area contributed by atoms with E-state index in [0.29, 0.717) is 6.07 Å². The smallest absolute Gasteiger partial charge is 0.349 e. The summed E-state index contributed by atoms with van der Waals surface area (Å²) >= 11 is 6.08. The van der Waals surface area contributed by atoms with Crippen LogP contribution in [0.5, 0.6) is 0 Å². The molecule has 2 nitrogen and oxygen atoms in total. The predicted octanol–water partition coefficient (Wildman–Crippen LogP) is 9.19. The first-order valence-electron chi connectivity index (χ1n) is 10.8. The lowest BCUT2D eigenvalue weighted by Gasteiger charge is -2.29. The summed E-state index contributed by atoms with van der Waals surface area (Å²) in [6, 6.07) is 4.54. The molecule has 3 rings (SSSR count). The molecule has 0 aromatic heterocycles. The standard InChI is InChI=1S/C24H18Br2F9NO/c25-14-7-13(8-15(26)10-14)18(23(30,31)32)11-20(27)12-1-2-17(19(9-12)24(33,34)35)21(37)36-16-3-5-22(28,29)6-4-16/h1-2,7-11,16,18H,3-6H2,(H,36,37). The second-order valence-corrected chi connectivity index (χ2v) is 10.4. The minimum absolute atomic E-state index is 0.139. The van der Waals surface area contributed by atoms with Crippen LogP contribution in [0.25, 0.3) is 5.83 Å². The van der Waals surface area contributed by atoms with E-state index in [0.717, 1.165) is 18.2 Å². The van der Waals surface area contributed by atoms with E-state index in [9.17, 15) is 44.3 Å². The van der Waals surface area contributed by atoms with Crippen LogP contribution in [-0.2, 0) is 6.18 Å². The second kappa shape index (κ2) is 11.0. The number of halogens is 11. The number of nitrogens with one attached hydrogen (secondary N) is 1. The molecule has 1 unspecified atom stereocenters. The largest absolute Gasteiger partial charge is 0.417 e. The van der Waals surface area contributed by atoms with Crippen molar-refractivity contribution in [3.8, 4) is 0 Å². The Balaban J connectivity index is 1.95. The van der Waals surface area contributed by atoms with Crippen LogP contribution >= 0.6 is 31.9 Å². The SMILES string of the molecule is O=C(NC1CCC(F)(F)CC1)c1ccc(C(F)=CC(c2cc(Br)cc(Br)c2)C(F)(F)F)cc1C(F)(F)F. The normalized spacial score (nSPS) is 18.0. The molecule has 0 bridgehead atoms. The molecule has 1 aliphatic rings. The van der Waals surface area contributed by atoms with Gasteiger partial charge >= 0.3 is 12.4 Å². The summed E-state index contributed by atoms with van der Waals surface area (Å²) in [5, 5.41) is 2.28. The van der Waals surface area contributed by atoms with Crippen molar-refractivity contribution in [1.29, 1.82) is 0 Å². The van der Waals surface area contributed by atoms with Crippen molar-refractivity contribution in [2.45, 2.75) is 55.9 Å². The van der Waals surface area contributed by atoms with Crippen molar-refractivity contribution >= 4 is 43.6 Å². The average Bonchev–Trinajstić information content (AvgIpc) is 2.76. The Morgan fingerprint density at radius 2 is 1.54 bits per heavy atom. The summed E-state index contributed by atoms with van der Waals surface area (Å²) in [4.78, 5) is 12.5. The molecule has 1 saturated carbocycles. The first kappa shape index (κ1) is 29.5. The summed E-state index contributed by atoms with van der Waals surface area (Å²) in [7, 11) is 0. The number of alkyl halides is 8. The highest BCUT2D eigenvalue weighted by atomic mass is 79.9. The second-order valence-electron chi connectivity index (χ2n) is 8.60. The predicted molar refractivity (Wildman–Crippen MR) is 126 cm³/mol. The van der Waals surface area contributed by atoms with Gasteiger partial charge in [0.1, 0.15) is 11.7 Å². The molecule has 0 saturated heterocycles. The maximum atomic E-state index is 14.9. The summed E-state index contributed by atoms with van der Waals surface area (Å²) in [6.45, 7) is 0. The lowest BCUT2D eigenvalue weighted by molar-refractivity contribution is -0.140. The molecule has 2 aromatic rings. The van der Waals surface area contributed by atoms with Crippen LogP contribution in [0.15, 0.2) is 51.4 Å². The van der Waals surface area contributed by atoms with Crippen LogP contribution < -0.4 is 5.32 Å². The Morgan fingerprint density at radius 3 is 2.05 bits per heavy atom. The zero-order chi connectivity index (χ0) is 27.8. The third kappa shape index (κ3) is 7.75. The molecule has 1 aliphatic carbocycles. The van der Waals surface area contributed by atoms with Gasteiger partial charge in [-0.15, -0.1) is 0 Å². The fraction of sp³-hybridized carbons (Fsp3) is 0.375. The maximum absolute atomic E-state index is 14.9. The summed E-state index contributed by atoms with van der Waals surface area (Å²) in [5.41, 5.74) is -3.65. The van der Waals surface area contributed by atoms with Gasteiger partial charge in [0.05, 0.1) is 11.1 Å². The van der Waals surface area contributed by atoms with Gasteiger partial charge in [0.2, 0.25) is 5.92 Å². The van der Waals surface area contributed by atoms with Gasteiger partial charge in [0.25, 0.3) is 5.91 Å². The van der Waals surface area contributed by atoms with E-state index in [4.69, 9.17) is 0 Å². The molecular weight excluding hydrogens is 649 g/mol. The van der Waals surface area contributed by atoms with Crippen molar-refractivity contribution in [3.63, 3.8) is 0 Å². The number of allylic oxidation sites excluding steroid dienone is 1. The molecule has 0 radical (unpaired) electrons. The lowest BCUT2D eigenvalue weighted by atomic mass is 9.91. The molecule has 1 N–H and O–H groups in total. The highest BCUT2D eigenvalue weighted by molar-refractivity contribution is 9.11.